The summed E-state index contributed by atoms with van der Waals surface area (Å²) in [5.74, 6) is 1.78. The molecular weight excluding hydrogens is 382 g/mol. The van der Waals surface area contributed by atoms with E-state index in [0.717, 1.165) is 22.2 Å². The highest BCUT2D eigenvalue weighted by atomic mass is 79.9. The molecule has 0 saturated heterocycles. The Morgan fingerprint density at radius 3 is 2.76 bits per heavy atom. The summed E-state index contributed by atoms with van der Waals surface area (Å²) in [7, 11) is 1.67. The van der Waals surface area contributed by atoms with Crippen LogP contribution in [0, 0.1) is 0 Å². The molecule has 0 amide bonds. The van der Waals surface area contributed by atoms with Crippen molar-refractivity contribution in [2.75, 3.05) is 18.2 Å². The van der Waals surface area contributed by atoms with Gasteiger partial charge in [-0.05, 0) is 41.8 Å². The van der Waals surface area contributed by atoms with Crippen LogP contribution in [0.15, 0.2) is 53.0 Å². The number of rotatable bonds is 3. The Labute approximate surface area is 154 Å². The zero-order chi connectivity index (χ0) is 17.4. The molecule has 6 nitrogen and oxygen atoms in total. The van der Waals surface area contributed by atoms with Crippen molar-refractivity contribution in [1.29, 1.82) is 0 Å². The van der Waals surface area contributed by atoms with Gasteiger partial charge in [0.15, 0.2) is 0 Å². The molecule has 0 saturated carbocycles. The molecule has 1 aliphatic heterocycles. The summed E-state index contributed by atoms with van der Waals surface area (Å²) in [6, 6.07) is 16.5. The van der Waals surface area contributed by atoms with Crippen molar-refractivity contribution < 1.29 is 4.74 Å². The topological polar surface area (TPSA) is 78.0 Å². The quantitative estimate of drug-likeness (QED) is 0.700. The third-order valence-electron chi connectivity index (χ3n) is 4.46. The molecule has 0 radical (unpaired) electrons. The highest BCUT2D eigenvalue weighted by Gasteiger charge is 2.31. The van der Waals surface area contributed by atoms with Crippen LogP contribution in [0.25, 0.3) is 0 Å². The van der Waals surface area contributed by atoms with Gasteiger partial charge in [-0.2, -0.15) is 4.98 Å². The summed E-state index contributed by atoms with van der Waals surface area (Å²) in [5, 5.41) is 7.82. The lowest BCUT2D eigenvalue weighted by Crippen LogP contribution is -2.28. The molecule has 2 heterocycles. The standard InChI is InChI=1S/C18H18BrN5O/c1-25-14-4-2-3-12(9-14)16-10-15(11-5-7-13(19)8-6-11)21-18-22-17(20)23-24(16)18/h2-9,15-16H,10H2,1H3,(H3,20,21,22,23). The molecular formula is C18H18BrN5O. The van der Waals surface area contributed by atoms with Crippen molar-refractivity contribution in [2.45, 2.75) is 18.5 Å². The van der Waals surface area contributed by atoms with Crippen molar-refractivity contribution in [2.24, 2.45) is 0 Å². The van der Waals surface area contributed by atoms with Crippen molar-refractivity contribution in [3.8, 4) is 5.75 Å². The number of nitrogens with one attached hydrogen (secondary N) is 1. The lowest BCUT2D eigenvalue weighted by molar-refractivity contribution is 0.407. The number of fused-ring (bicyclic) bond motifs is 1. The number of hydrogen-bond acceptors (Lipinski definition) is 5. The third kappa shape index (κ3) is 3.07. The summed E-state index contributed by atoms with van der Waals surface area (Å²) < 4.78 is 8.29. The van der Waals surface area contributed by atoms with Gasteiger partial charge in [0.2, 0.25) is 11.9 Å². The van der Waals surface area contributed by atoms with Gasteiger partial charge in [-0.25, -0.2) is 4.68 Å². The smallest absolute Gasteiger partial charge is 0.241 e. The van der Waals surface area contributed by atoms with Gasteiger partial charge in [-0.3, -0.25) is 0 Å². The van der Waals surface area contributed by atoms with E-state index >= 15 is 0 Å². The summed E-state index contributed by atoms with van der Waals surface area (Å²) >= 11 is 3.49. The van der Waals surface area contributed by atoms with Crippen molar-refractivity contribution in [3.05, 3.63) is 64.1 Å². The third-order valence-corrected chi connectivity index (χ3v) is 4.98. The Morgan fingerprint density at radius 2 is 2.00 bits per heavy atom. The van der Waals surface area contributed by atoms with Gasteiger partial charge in [0.25, 0.3) is 0 Å². The number of ether oxygens (including phenoxy) is 1. The van der Waals surface area contributed by atoms with Crippen molar-refractivity contribution >= 4 is 27.8 Å². The minimum absolute atomic E-state index is 0.0322. The zero-order valence-corrected chi connectivity index (χ0v) is 15.3. The van der Waals surface area contributed by atoms with Gasteiger partial charge in [0, 0.05) is 4.47 Å². The fourth-order valence-electron chi connectivity index (χ4n) is 3.23. The Hall–Kier alpha value is -2.54. The first-order valence-corrected chi connectivity index (χ1v) is 8.81. The second-order valence-corrected chi connectivity index (χ2v) is 6.93. The zero-order valence-electron chi connectivity index (χ0n) is 13.7. The lowest BCUT2D eigenvalue weighted by Gasteiger charge is -2.31. The van der Waals surface area contributed by atoms with Crippen LogP contribution in [0.2, 0.25) is 0 Å². The van der Waals surface area contributed by atoms with Gasteiger partial charge in [0.05, 0.1) is 19.2 Å². The first-order chi connectivity index (χ1) is 12.1. The molecule has 2 unspecified atom stereocenters. The van der Waals surface area contributed by atoms with Gasteiger partial charge in [0.1, 0.15) is 5.75 Å². The average Bonchev–Trinajstić information content (AvgIpc) is 3.01. The minimum atomic E-state index is 0.0322. The fraction of sp³-hybridized carbons (Fsp3) is 0.222. The van der Waals surface area contributed by atoms with E-state index < -0.39 is 0 Å². The second-order valence-electron chi connectivity index (χ2n) is 6.01. The molecule has 25 heavy (non-hydrogen) atoms. The van der Waals surface area contributed by atoms with E-state index in [1.807, 2.05) is 35.0 Å². The SMILES string of the molecule is COc1cccc(C2CC(c3ccc(Br)cc3)Nc3nc(N)nn32)c1. The van der Waals surface area contributed by atoms with E-state index in [1.165, 1.54) is 5.56 Å². The molecule has 2 aromatic carbocycles. The fourth-order valence-corrected chi connectivity index (χ4v) is 3.50. The van der Waals surface area contributed by atoms with Crippen LogP contribution in [-0.4, -0.2) is 21.9 Å². The van der Waals surface area contributed by atoms with Crippen LogP contribution < -0.4 is 15.8 Å². The first-order valence-electron chi connectivity index (χ1n) is 8.02. The number of anilines is 2. The van der Waals surface area contributed by atoms with Crippen LogP contribution >= 0.6 is 15.9 Å². The van der Waals surface area contributed by atoms with E-state index in [1.54, 1.807) is 7.11 Å². The normalized spacial score (nSPS) is 19.1. The summed E-state index contributed by atoms with van der Waals surface area (Å²) in [4.78, 5) is 4.34. The number of nitrogens with two attached hydrogens (primary N) is 1. The molecule has 3 N–H and O–H groups in total. The van der Waals surface area contributed by atoms with Gasteiger partial charge in [-0.1, -0.05) is 40.2 Å². The maximum atomic E-state index is 5.84. The van der Waals surface area contributed by atoms with Crippen molar-refractivity contribution in [1.82, 2.24) is 14.8 Å². The number of methoxy groups -OCH3 is 1. The predicted molar refractivity (Wildman–Crippen MR) is 101 cm³/mol. The number of nitrogens with zero attached hydrogens (tertiary/aromatic N) is 3. The van der Waals surface area contributed by atoms with Crippen LogP contribution in [-0.2, 0) is 0 Å². The molecule has 4 rings (SSSR count). The summed E-state index contributed by atoms with van der Waals surface area (Å²) in [5.41, 5.74) is 8.16. The van der Waals surface area contributed by atoms with Crippen LogP contribution in [0.5, 0.6) is 5.75 Å². The Morgan fingerprint density at radius 1 is 1.20 bits per heavy atom. The maximum absolute atomic E-state index is 5.84. The number of hydrogen-bond donors (Lipinski definition) is 2. The molecule has 0 spiro atoms. The number of nitrogen functional groups attached to an aromatic ring is 1. The molecule has 0 fully saturated rings. The largest absolute Gasteiger partial charge is 0.497 e. The second kappa shape index (κ2) is 6.40. The highest BCUT2D eigenvalue weighted by Crippen LogP contribution is 2.38. The molecule has 2 atom stereocenters. The number of aromatic nitrogens is 3. The average molecular weight is 400 g/mol. The van der Waals surface area contributed by atoms with Gasteiger partial charge < -0.3 is 15.8 Å². The molecule has 0 aliphatic carbocycles. The highest BCUT2D eigenvalue weighted by molar-refractivity contribution is 9.10. The molecule has 7 heteroatoms. The summed E-state index contributed by atoms with van der Waals surface area (Å²) in [6.45, 7) is 0. The number of halogens is 1. The Kier molecular flexibility index (Phi) is 4.09. The first kappa shape index (κ1) is 16.0. The van der Waals surface area contributed by atoms with Gasteiger partial charge >= 0.3 is 0 Å². The maximum Gasteiger partial charge on any atom is 0.241 e. The van der Waals surface area contributed by atoms with E-state index in [4.69, 9.17) is 10.5 Å². The van der Waals surface area contributed by atoms with Gasteiger partial charge in [-0.15, -0.1) is 5.10 Å². The number of benzene rings is 2. The molecule has 0 bridgehead atoms. The molecule has 128 valence electrons. The van der Waals surface area contributed by atoms with Crippen LogP contribution in [0.4, 0.5) is 11.9 Å². The molecule has 1 aromatic heterocycles. The summed E-state index contributed by atoms with van der Waals surface area (Å²) in [6.07, 6.45) is 0.838. The molecule has 3 aromatic rings. The van der Waals surface area contributed by atoms with E-state index in [2.05, 4.69) is 49.5 Å². The Bertz CT molecular complexity index is 893. The van der Waals surface area contributed by atoms with Crippen LogP contribution in [0.3, 0.4) is 0 Å². The minimum Gasteiger partial charge on any atom is -0.497 e. The predicted octanol–water partition coefficient (Wildman–Crippen LogP) is 3.78. The van der Waals surface area contributed by atoms with Crippen molar-refractivity contribution in [3.63, 3.8) is 0 Å². The van der Waals surface area contributed by atoms with E-state index in [-0.39, 0.29) is 18.0 Å². The van der Waals surface area contributed by atoms with E-state index in [9.17, 15) is 0 Å². The molecule has 1 aliphatic rings. The lowest BCUT2D eigenvalue weighted by atomic mass is 9.93. The van der Waals surface area contributed by atoms with E-state index in [0.29, 0.717) is 5.95 Å². The van der Waals surface area contributed by atoms with Crippen LogP contribution in [0.1, 0.15) is 29.6 Å². The monoisotopic (exact) mass is 399 g/mol. The Balaban J connectivity index is 1.75.